The number of para-hydroxylation sites is 1. The molecule has 0 unspecified atom stereocenters. The van der Waals surface area contributed by atoms with E-state index in [1.807, 2.05) is 67.6 Å². The summed E-state index contributed by atoms with van der Waals surface area (Å²) in [5.41, 5.74) is 3.25. The topological polar surface area (TPSA) is 38.3 Å². The van der Waals surface area contributed by atoms with Crippen LogP contribution in [0.15, 0.2) is 60.7 Å². The molecule has 0 spiro atoms. The lowest BCUT2D eigenvalue weighted by atomic mass is 10.1. The van der Waals surface area contributed by atoms with Crippen LogP contribution >= 0.6 is 11.3 Å². The summed E-state index contributed by atoms with van der Waals surface area (Å²) in [5, 5.41) is 3.08. The summed E-state index contributed by atoms with van der Waals surface area (Å²) in [6, 6.07) is 19.9. The first-order valence-electron chi connectivity index (χ1n) is 7.93. The summed E-state index contributed by atoms with van der Waals surface area (Å²) < 4.78 is 5.77. The molecular weight excluding hydrogens is 318 g/mol. The fourth-order valence-electron chi connectivity index (χ4n) is 2.90. The molecule has 3 nitrogen and oxygen atoms in total. The number of ether oxygens (including phenoxy) is 1. The standard InChI is InChI=1S/C20H17NO2S/c1-13(14-7-3-2-4-8-14)21-20(22)18-11-15-12-23-17-10-6-5-9-16(17)19(15)24-18/h2-11,13H,12H2,1H3,(H,21,22)/t13-/m1/s1. The van der Waals surface area contributed by atoms with Crippen LogP contribution in [0, 0.1) is 0 Å². The van der Waals surface area contributed by atoms with Gasteiger partial charge in [0.1, 0.15) is 12.4 Å². The number of hydrogen-bond acceptors (Lipinski definition) is 3. The maximum atomic E-state index is 12.6. The van der Waals surface area contributed by atoms with Gasteiger partial charge in [-0.3, -0.25) is 4.79 Å². The van der Waals surface area contributed by atoms with Gasteiger partial charge in [0, 0.05) is 16.0 Å². The van der Waals surface area contributed by atoms with Crippen molar-refractivity contribution in [3.8, 4) is 16.2 Å². The number of rotatable bonds is 3. The number of carbonyl (C=O) groups excluding carboxylic acids is 1. The van der Waals surface area contributed by atoms with Gasteiger partial charge in [-0.25, -0.2) is 0 Å². The summed E-state index contributed by atoms with van der Waals surface area (Å²) in [6.45, 7) is 2.52. The molecule has 0 fully saturated rings. The van der Waals surface area contributed by atoms with E-state index in [1.54, 1.807) is 0 Å². The summed E-state index contributed by atoms with van der Waals surface area (Å²) in [4.78, 5) is 14.5. The van der Waals surface area contributed by atoms with Gasteiger partial charge in [-0.05, 0) is 30.7 Å². The molecule has 3 aromatic rings. The van der Waals surface area contributed by atoms with Crippen molar-refractivity contribution in [3.63, 3.8) is 0 Å². The van der Waals surface area contributed by atoms with Crippen molar-refractivity contribution in [3.05, 3.63) is 76.7 Å². The molecule has 1 aliphatic heterocycles. The number of hydrogen-bond donors (Lipinski definition) is 1. The Labute approximate surface area is 144 Å². The Kier molecular flexibility index (Phi) is 3.82. The lowest BCUT2D eigenvalue weighted by molar-refractivity contribution is 0.0944. The highest BCUT2D eigenvalue weighted by Gasteiger charge is 2.23. The first kappa shape index (κ1) is 15.0. The molecule has 1 N–H and O–H groups in total. The molecule has 0 saturated carbocycles. The lowest BCUT2D eigenvalue weighted by Gasteiger charge is -2.16. The van der Waals surface area contributed by atoms with Crippen LogP contribution in [0.5, 0.6) is 5.75 Å². The minimum Gasteiger partial charge on any atom is -0.488 e. The molecule has 2 heterocycles. The zero-order chi connectivity index (χ0) is 16.5. The van der Waals surface area contributed by atoms with E-state index in [9.17, 15) is 4.79 Å². The molecule has 4 rings (SSSR count). The third-order valence-electron chi connectivity index (χ3n) is 4.19. The van der Waals surface area contributed by atoms with Crippen LogP contribution in [0.2, 0.25) is 0 Å². The summed E-state index contributed by atoms with van der Waals surface area (Å²) in [7, 11) is 0. The van der Waals surface area contributed by atoms with E-state index < -0.39 is 0 Å². The molecule has 0 radical (unpaired) electrons. The number of carbonyl (C=O) groups is 1. The second kappa shape index (κ2) is 6.13. The molecule has 1 atom stereocenters. The van der Waals surface area contributed by atoms with Gasteiger partial charge in [-0.2, -0.15) is 0 Å². The predicted molar refractivity (Wildman–Crippen MR) is 96.4 cm³/mol. The van der Waals surface area contributed by atoms with Crippen molar-refractivity contribution in [1.82, 2.24) is 5.32 Å². The highest BCUT2D eigenvalue weighted by molar-refractivity contribution is 7.17. The van der Waals surface area contributed by atoms with E-state index in [0.29, 0.717) is 6.61 Å². The minimum absolute atomic E-state index is 0.0265. The summed E-state index contributed by atoms with van der Waals surface area (Å²) >= 11 is 1.53. The van der Waals surface area contributed by atoms with Crippen molar-refractivity contribution in [2.24, 2.45) is 0 Å². The maximum Gasteiger partial charge on any atom is 0.261 e. The van der Waals surface area contributed by atoms with E-state index in [2.05, 4.69) is 5.32 Å². The van der Waals surface area contributed by atoms with E-state index in [0.717, 1.165) is 32.2 Å². The van der Waals surface area contributed by atoms with Gasteiger partial charge in [-0.1, -0.05) is 42.5 Å². The Balaban J connectivity index is 1.58. The van der Waals surface area contributed by atoms with Gasteiger partial charge in [0.05, 0.1) is 10.9 Å². The second-order valence-corrected chi connectivity index (χ2v) is 6.91. The molecule has 2 aromatic carbocycles. The number of thiophene rings is 1. The molecule has 1 aromatic heterocycles. The van der Waals surface area contributed by atoms with Gasteiger partial charge >= 0.3 is 0 Å². The van der Waals surface area contributed by atoms with Crippen LogP contribution in [0.25, 0.3) is 10.4 Å². The Morgan fingerprint density at radius 2 is 1.88 bits per heavy atom. The van der Waals surface area contributed by atoms with E-state index in [-0.39, 0.29) is 11.9 Å². The zero-order valence-electron chi connectivity index (χ0n) is 13.3. The Bertz CT molecular complexity index is 886. The highest BCUT2D eigenvalue weighted by Crippen LogP contribution is 2.42. The zero-order valence-corrected chi connectivity index (χ0v) is 14.1. The van der Waals surface area contributed by atoms with Crippen molar-refractivity contribution >= 4 is 17.2 Å². The average molecular weight is 335 g/mol. The largest absolute Gasteiger partial charge is 0.488 e. The highest BCUT2D eigenvalue weighted by atomic mass is 32.1. The third-order valence-corrected chi connectivity index (χ3v) is 5.40. The van der Waals surface area contributed by atoms with Crippen LogP contribution in [-0.4, -0.2) is 5.91 Å². The maximum absolute atomic E-state index is 12.6. The normalized spacial score (nSPS) is 13.4. The fourth-order valence-corrected chi connectivity index (χ4v) is 4.00. The van der Waals surface area contributed by atoms with Gasteiger partial charge in [-0.15, -0.1) is 11.3 Å². The molecule has 0 aliphatic carbocycles. The lowest BCUT2D eigenvalue weighted by Crippen LogP contribution is -2.25. The number of benzene rings is 2. The number of nitrogens with one attached hydrogen (secondary N) is 1. The van der Waals surface area contributed by atoms with Crippen LogP contribution < -0.4 is 10.1 Å². The van der Waals surface area contributed by atoms with Crippen molar-refractivity contribution < 1.29 is 9.53 Å². The third kappa shape index (κ3) is 2.69. The molecule has 1 aliphatic rings. The fraction of sp³-hybridized carbons (Fsp3) is 0.150. The van der Waals surface area contributed by atoms with Gasteiger partial charge in [0.15, 0.2) is 0 Å². The Morgan fingerprint density at radius 3 is 2.71 bits per heavy atom. The van der Waals surface area contributed by atoms with Crippen LogP contribution in [0.3, 0.4) is 0 Å². The second-order valence-electron chi connectivity index (χ2n) is 5.86. The number of amides is 1. The van der Waals surface area contributed by atoms with Gasteiger partial charge in [0.25, 0.3) is 5.91 Å². The first-order valence-corrected chi connectivity index (χ1v) is 8.75. The summed E-state index contributed by atoms with van der Waals surface area (Å²) in [6.07, 6.45) is 0. The Hall–Kier alpha value is -2.59. The smallest absolute Gasteiger partial charge is 0.261 e. The first-order chi connectivity index (χ1) is 11.7. The van der Waals surface area contributed by atoms with E-state index in [1.165, 1.54) is 11.3 Å². The molecule has 120 valence electrons. The monoisotopic (exact) mass is 335 g/mol. The van der Waals surface area contributed by atoms with Crippen LogP contribution in [0.1, 0.15) is 33.8 Å². The number of fused-ring (bicyclic) bond motifs is 3. The average Bonchev–Trinajstić information content (AvgIpc) is 3.07. The van der Waals surface area contributed by atoms with Crippen LogP contribution in [-0.2, 0) is 6.61 Å². The SMILES string of the molecule is C[C@@H](NC(=O)c1cc2c(s1)-c1ccccc1OC2)c1ccccc1. The van der Waals surface area contributed by atoms with Gasteiger partial charge < -0.3 is 10.1 Å². The molecule has 4 heteroatoms. The molecule has 1 amide bonds. The van der Waals surface area contributed by atoms with E-state index in [4.69, 9.17) is 4.74 Å². The van der Waals surface area contributed by atoms with Crippen molar-refractivity contribution in [2.75, 3.05) is 0 Å². The quantitative estimate of drug-likeness (QED) is 0.747. The molecule has 0 saturated heterocycles. The molecule has 24 heavy (non-hydrogen) atoms. The molecular formula is C20H17NO2S. The van der Waals surface area contributed by atoms with Crippen LogP contribution in [0.4, 0.5) is 0 Å². The molecule has 0 bridgehead atoms. The Morgan fingerprint density at radius 1 is 1.12 bits per heavy atom. The van der Waals surface area contributed by atoms with Gasteiger partial charge in [0.2, 0.25) is 0 Å². The minimum atomic E-state index is -0.0387. The summed E-state index contributed by atoms with van der Waals surface area (Å²) in [5.74, 6) is 0.847. The predicted octanol–water partition coefficient (Wildman–Crippen LogP) is 4.80. The van der Waals surface area contributed by atoms with E-state index >= 15 is 0 Å². The van der Waals surface area contributed by atoms with Crippen molar-refractivity contribution in [2.45, 2.75) is 19.6 Å². The van der Waals surface area contributed by atoms with Crippen molar-refractivity contribution in [1.29, 1.82) is 0 Å².